The molecular formula is C16H31N3O3S. The first-order valence-corrected chi connectivity index (χ1v) is 10.2. The molecule has 2 saturated heterocycles. The minimum Gasteiger partial charge on any atom is -0.341 e. The van der Waals surface area contributed by atoms with Gasteiger partial charge in [-0.15, -0.1) is 0 Å². The minimum atomic E-state index is -3.20. The highest BCUT2D eigenvalue weighted by Crippen LogP contribution is 2.24. The molecular weight excluding hydrogens is 314 g/mol. The monoisotopic (exact) mass is 345 g/mol. The second-order valence-electron chi connectivity index (χ2n) is 7.35. The molecule has 0 spiro atoms. The Morgan fingerprint density at radius 2 is 1.65 bits per heavy atom. The number of hydrogen-bond acceptors (Lipinski definition) is 4. The van der Waals surface area contributed by atoms with Gasteiger partial charge in [-0.05, 0) is 45.1 Å². The average Bonchev–Trinajstić information content (AvgIpc) is 2.52. The fraction of sp³-hybridized carbons (Fsp3) is 0.938. The fourth-order valence-electron chi connectivity index (χ4n) is 4.00. The minimum absolute atomic E-state index is 0.161. The maximum atomic E-state index is 12.8. The molecule has 2 fully saturated rings. The van der Waals surface area contributed by atoms with E-state index >= 15 is 0 Å². The van der Waals surface area contributed by atoms with Gasteiger partial charge in [-0.1, -0.05) is 13.8 Å². The lowest BCUT2D eigenvalue weighted by molar-refractivity contribution is -0.139. The first-order valence-electron chi connectivity index (χ1n) is 8.69. The number of likely N-dealkylation sites (tertiary alicyclic amines) is 2. The Balaban J connectivity index is 1.91. The quantitative estimate of drug-likeness (QED) is 0.822. The van der Waals surface area contributed by atoms with Crippen molar-refractivity contribution in [1.82, 2.24) is 14.5 Å². The Morgan fingerprint density at radius 1 is 1.13 bits per heavy atom. The Bertz CT molecular complexity index is 505. The molecule has 2 heterocycles. The SMILES string of the molecule is CNS(=O)(=O)C1CCN([C@H](C)C(=O)N2C[C@H](C)C[C@H](C)C2)CC1. The Hall–Kier alpha value is -0.660. The summed E-state index contributed by atoms with van der Waals surface area (Å²) in [6.45, 7) is 9.38. The number of carbonyl (C=O) groups excluding carboxylic acids is 1. The van der Waals surface area contributed by atoms with Crippen molar-refractivity contribution < 1.29 is 13.2 Å². The van der Waals surface area contributed by atoms with E-state index in [1.54, 1.807) is 0 Å². The predicted octanol–water partition coefficient (Wildman–Crippen LogP) is 0.893. The van der Waals surface area contributed by atoms with Crippen LogP contribution >= 0.6 is 0 Å². The summed E-state index contributed by atoms with van der Waals surface area (Å²) in [7, 11) is -1.73. The van der Waals surface area contributed by atoms with Crippen LogP contribution in [0.4, 0.5) is 0 Å². The number of amides is 1. The maximum absolute atomic E-state index is 12.8. The van der Waals surface area contributed by atoms with Crippen LogP contribution in [0.3, 0.4) is 0 Å². The van der Waals surface area contributed by atoms with Crippen LogP contribution in [-0.2, 0) is 14.8 Å². The molecule has 0 aromatic heterocycles. The van der Waals surface area contributed by atoms with E-state index < -0.39 is 10.0 Å². The zero-order chi connectivity index (χ0) is 17.2. The summed E-state index contributed by atoms with van der Waals surface area (Å²) in [5, 5.41) is -0.332. The van der Waals surface area contributed by atoms with E-state index in [1.165, 1.54) is 13.5 Å². The van der Waals surface area contributed by atoms with Crippen molar-refractivity contribution in [2.24, 2.45) is 11.8 Å². The van der Waals surface area contributed by atoms with Gasteiger partial charge in [-0.2, -0.15) is 0 Å². The van der Waals surface area contributed by atoms with Gasteiger partial charge < -0.3 is 4.90 Å². The summed E-state index contributed by atoms with van der Waals surface area (Å²) in [6.07, 6.45) is 2.37. The van der Waals surface area contributed by atoms with Crippen molar-refractivity contribution in [1.29, 1.82) is 0 Å². The molecule has 6 nitrogen and oxygen atoms in total. The van der Waals surface area contributed by atoms with E-state index in [0.717, 1.165) is 13.1 Å². The lowest BCUT2D eigenvalue weighted by Crippen LogP contribution is -2.54. The number of piperidine rings is 2. The highest BCUT2D eigenvalue weighted by Gasteiger charge is 2.35. The third kappa shape index (κ3) is 4.45. The number of sulfonamides is 1. The molecule has 1 amide bonds. The Kier molecular flexibility index (Phi) is 6.08. The van der Waals surface area contributed by atoms with E-state index in [4.69, 9.17) is 0 Å². The number of nitrogens with zero attached hydrogens (tertiary/aromatic N) is 2. The van der Waals surface area contributed by atoms with Gasteiger partial charge in [0.05, 0.1) is 11.3 Å². The predicted molar refractivity (Wildman–Crippen MR) is 91.6 cm³/mol. The van der Waals surface area contributed by atoms with Gasteiger partial charge in [-0.25, -0.2) is 13.1 Å². The van der Waals surface area contributed by atoms with Crippen LogP contribution in [0.1, 0.15) is 40.0 Å². The second-order valence-corrected chi connectivity index (χ2v) is 9.51. The third-order valence-electron chi connectivity index (χ3n) is 5.29. The Morgan fingerprint density at radius 3 is 2.13 bits per heavy atom. The van der Waals surface area contributed by atoms with Gasteiger partial charge in [-0.3, -0.25) is 9.69 Å². The normalized spacial score (nSPS) is 29.5. The lowest BCUT2D eigenvalue weighted by atomic mass is 9.91. The van der Waals surface area contributed by atoms with Crippen molar-refractivity contribution >= 4 is 15.9 Å². The van der Waals surface area contributed by atoms with Crippen LogP contribution in [0.25, 0.3) is 0 Å². The van der Waals surface area contributed by atoms with Crippen LogP contribution in [0, 0.1) is 11.8 Å². The zero-order valence-electron chi connectivity index (χ0n) is 14.8. The molecule has 0 aromatic carbocycles. The van der Waals surface area contributed by atoms with Crippen LogP contribution in [-0.4, -0.2) is 68.6 Å². The van der Waals surface area contributed by atoms with Gasteiger partial charge >= 0.3 is 0 Å². The maximum Gasteiger partial charge on any atom is 0.239 e. The summed E-state index contributed by atoms with van der Waals surface area (Å²) >= 11 is 0. The van der Waals surface area contributed by atoms with Gasteiger partial charge in [0.15, 0.2) is 0 Å². The third-order valence-corrected chi connectivity index (χ3v) is 7.20. The van der Waals surface area contributed by atoms with Crippen LogP contribution < -0.4 is 4.72 Å². The van der Waals surface area contributed by atoms with Gasteiger partial charge in [0.25, 0.3) is 0 Å². The molecule has 0 radical (unpaired) electrons. The standard InChI is InChI=1S/C16H31N3O3S/c1-12-9-13(2)11-19(10-12)16(20)14(3)18-7-5-15(6-8-18)23(21,22)17-4/h12-15,17H,5-11H2,1-4H3/t12-,13+,14-/m1/s1. The topological polar surface area (TPSA) is 69.7 Å². The molecule has 2 aliphatic rings. The second kappa shape index (κ2) is 7.49. The zero-order valence-corrected chi connectivity index (χ0v) is 15.6. The molecule has 23 heavy (non-hydrogen) atoms. The van der Waals surface area contributed by atoms with E-state index in [1.807, 2.05) is 11.8 Å². The average molecular weight is 346 g/mol. The molecule has 7 heteroatoms. The van der Waals surface area contributed by atoms with E-state index in [2.05, 4.69) is 23.5 Å². The van der Waals surface area contributed by atoms with E-state index in [0.29, 0.717) is 37.8 Å². The van der Waals surface area contributed by atoms with Crippen molar-refractivity contribution in [2.75, 3.05) is 33.2 Å². The summed E-state index contributed by atoms with van der Waals surface area (Å²) in [5.41, 5.74) is 0. The highest BCUT2D eigenvalue weighted by atomic mass is 32.2. The molecule has 134 valence electrons. The molecule has 0 aliphatic carbocycles. The van der Waals surface area contributed by atoms with Gasteiger partial charge in [0.1, 0.15) is 0 Å². The smallest absolute Gasteiger partial charge is 0.239 e. The first kappa shape index (κ1) is 18.7. The largest absolute Gasteiger partial charge is 0.341 e. The Labute approximate surface area is 140 Å². The molecule has 2 aliphatic heterocycles. The molecule has 0 unspecified atom stereocenters. The lowest BCUT2D eigenvalue weighted by Gasteiger charge is -2.40. The van der Waals surface area contributed by atoms with Gasteiger partial charge in [0.2, 0.25) is 15.9 Å². The summed E-state index contributed by atoms with van der Waals surface area (Å²) < 4.78 is 26.2. The van der Waals surface area contributed by atoms with E-state index in [-0.39, 0.29) is 17.2 Å². The number of hydrogen-bond donors (Lipinski definition) is 1. The molecule has 0 aromatic rings. The molecule has 0 bridgehead atoms. The molecule has 0 saturated carbocycles. The van der Waals surface area contributed by atoms with Crippen LogP contribution in [0.15, 0.2) is 0 Å². The van der Waals surface area contributed by atoms with Crippen molar-refractivity contribution in [2.45, 2.75) is 51.3 Å². The fourth-order valence-corrected chi connectivity index (χ4v) is 5.17. The number of nitrogens with one attached hydrogen (secondary N) is 1. The summed E-state index contributed by atoms with van der Waals surface area (Å²) in [4.78, 5) is 16.9. The summed E-state index contributed by atoms with van der Waals surface area (Å²) in [5.74, 6) is 1.31. The first-order chi connectivity index (χ1) is 10.7. The van der Waals surface area contributed by atoms with Crippen molar-refractivity contribution in [3.8, 4) is 0 Å². The van der Waals surface area contributed by atoms with Gasteiger partial charge in [0, 0.05) is 26.2 Å². The van der Waals surface area contributed by atoms with Crippen molar-refractivity contribution in [3.63, 3.8) is 0 Å². The number of carbonyl (C=O) groups is 1. The molecule has 3 atom stereocenters. The van der Waals surface area contributed by atoms with Crippen molar-refractivity contribution in [3.05, 3.63) is 0 Å². The number of rotatable bonds is 4. The van der Waals surface area contributed by atoms with E-state index in [9.17, 15) is 13.2 Å². The highest BCUT2D eigenvalue weighted by molar-refractivity contribution is 7.90. The van der Waals surface area contributed by atoms with Crippen LogP contribution in [0.5, 0.6) is 0 Å². The summed E-state index contributed by atoms with van der Waals surface area (Å²) in [6, 6.07) is -0.161. The molecule has 1 N–H and O–H groups in total. The molecule has 2 rings (SSSR count). The van der Waals surface area contributed by atoms with Crippen LogP contribution in [0.2, 0.25) is 0 Å².